The topological polar surface area (TPSA) is 110 Å². The number of aliphatic hydroxyl groups is 2. The molecule has 184 valence electrons. The first kappa shape index (κ1) is 24.1. The highest BCUT2D eigenvalue weighted by molar-refractivity contribution is 5.76. The number of amides is 1. The van der Waals surface area contributed by atoms with E-state index in [4.69, 9.17) is 18.9 Å². The predicted octanol–water partition coefficient (Wildman–Crippen LogP) is 1.52. The zero-order valence-electron chi connectivity index (χ0n) is 19.3. The van der Waals surface area contributed by atoms with Crippen LogP contribution in [0.5, 0.6) is 23.0 Å². The molecular weight excluding hydrogens is 440 g/mol. The van der Waals surface area contributed by atoms with E-state index in [0.717, 1.165) is 5.75 Å². The van der Waals surface area contributed by atoms with Crippen LogP contribution in [0.15, 0.2) is 42.5 Å². The van der Waals surface area contributed by atoms with Crippen molar-refractivity contribution in [3.05, 3.63) is 48.0 Å². The maximum Gasteiger partial charge on any atom is 0.223 e. The molecular formula is C25H32N2O7. The lowest BCUT2D eigenvalue weighted by atomic mass is 10.0. The van der Waals surface area contributed by atoms with Gasteiger partial charge in [0.25, 0.3) is 0 Å². The summed E-state index contributed by atoms with van der Waals surface area (Å²) in [4.78, 5) is 14.8. The number of nitrogens with one attached hydrogen (secondary N) is 1. The van der Waals surface area contributed by atoms with Crippen LogP contribution >= 0.6 is 0 Å². The van der Waals surface area contributed by atoms with Gasteiger partial charge in [0.2, 0.25) is 5.91 Å². The first-order valence-electron chi connectivity index (χ1n) is 11.6. The Bertz CT molecular complexity index is 953. The maximum absolute atomic E-state index is 12.7. The van der Waals surface area contributed by atoms with Crippen LogP contribution in [0, 0.1) is 0 Å². The largest absolute Gasteiger partial charge is 0.497 e. The number of aliphatic hydroxyl groups excluding tert-OH is 2. The minimum absolute atomic E-state index is 0.138. The van der Waals surface area contributed by atoms with Crippen molar-refractivity contribution in [1.29, 1.82) is 0 Å². The van der Waals surface area contributed by atoms with Crippen molar-refractivity contribution in [3.8, 4) is 23.0 Å². The van der Waals surface area contributed by atoms with Crippen molar-refractivity contribution in [3.63, 3.8) is 0 Å². The van der Waals surface area contributed by atoms with Crippen molar-refractivity contribution in [2.45, 2.75) is 31.1 Å². The van der Waals surface area contributed by atoms with E-state index >= 15 is 0 Å². The molecule has 0 bridgehead atoms. The first-order valence-corrected chi connectivity index (χ1v) is 11.6. The minimum atomic E-state index is -0.958. The van der Waals surface area contributed by atoms with Crippen LogP contribution in [0.1, 0.15) is 24.5 Å². The number of carbonyl (C=O) groups is 1. The summed E-state index contributed by atoms with van der Waals surface area (Å²) in [6.45, 7) is 2.78. The van der Waals surface area contributed by atoms with Gasteiger partial charge in [-0.2, -0.15) is 0 Å². The van der Waals surface area contributed by atoms with Gasteiger partial charge < -0.3 is 34.5 Å². The number of hydrogen-bond acceptors (Lipinski definition) is 8. The van der Waals surface area contributed by atoms with Crippen LogP contribution in [-0.4, -0.2) is 79.7 Å². The summed E-state index contributed by atoms with van der Waals surface area (Å²) in [7, 11) is 1.60. The molecule has 3 atom stereocenters. The average Bonchev–Trinajstić information content (AvgIpc) is 3.27. The summed E-state index contributed by atoms with van der Waals surface area (Å²) >= 11 is 0. The molecule has 2 aliphatic rings. The summed E-state index contributed by atoms with van der Waals surface area (Å²) in [5.41, 5.74) is 0.628. The summed E-state index contributed by atoms with van der Waals surface area (Å²) < 4.78 is 22.0. The Hall–Kier alpha value is -3.01. The predicted molar refractivity (Wildman–Crippen MR) is 124 cm³/mol. The normalized spacial score (nSPS) is 19.3. The van der Waals surface area contributed by atoms with Gasteiger partial charge in [-0.15, -0.1) is 0 Å². The highest BCUT2D eigenvalue weighted by Gasteiger charge is 2.29. The standard InChI is InChI=1S/C25H32N2O7/c1-31-19-3-5-20(6-4-19)32-11-9-24(29)26-21(16-27-10-8-18(28)15-27)25(30)17-2-7-22-23(14-17)34-13-12-33-22/h2-7,14,18,21,25,28,30H,8-13,15-16H2,1H3,(H,26,29)/t18-,21-,25-/m1/s1. The molecule has 0 saturated carbocycles. The molecule has 1 saturated heterocycles. The van der Waals surface area contributed by atoms with E-state index in [1.165, 1.54) is 0 Å². The van der Waals surface area contributed by atoms with E-state index in [-0.39, 0.29) is 25.0 Å². The number of nitrogens with zero attached hydrogens (tertiary/aromatic N) is 1. The molecule has 2 aliphatic heterocycles. The Kier molecular flexibility index (Phi) is 8.10. The molecule has 0 unspecified atom stereocenters. The van der Waals surface area contributed by atoms with Crippen molar-refractivity contribution in [2.75, 3.05) is 46.6 Å². The molecule has 1 fully saturated rings. The molecule has 2 aromatic rings. The Balaban J connectivity index is 1.37. The van der Waals surface area contributed by atoms with Gasteiger partial charge in [0, 0.05) is 19.6 Å². The number of benzene rings is 2. The third-order valence-electron chi connectivity index (χ3n) is 5.99. The lowest BCUT2D eigenvalue weighted by Gasteiger charge is -2.29. The smallest absolute Gasteiger partial charge is 0.223 e. The van der Waals surface area contributed by atoms with Gasteiger partial charge in [-0.3, -0.25) is 9.69 Å². The first-order chi connectivity index (χ1) is 16.5. The van der Waals surface area contributed by atoms with E-state index in [1.54, 1.807) is 49.6 Å². The molecule has 0 radical (unpaired) electrons. The molecule has 0 aromatic heterocycles. The van der Waals surface area contributed by atoms with Gasteiger partial charge in [-0.05, 0) is 48.4 Å². The van der Waals surface area contributed by atoms with Gasteiger partial charge in [0.1, 0.15) is 30.8 Å². The quantitative estimate of drug-likeness (QED) is 0.478. The summed E-state index contributed by atoms with van der Waals surface area (Å²) in [5, 5.41) is 24.0. The van der Waals surface area contributed by atoms with Crippen LogP contribution in [0.4, 0.5) is 0 Å². The fourth-order valence-electron chi connectivity index (χ4n) is 4.17. The van der Waals surface area contributed by atoms with Crippen molar-refractivity contribution < 1.29 is 34.0 Å². The van der Waals surface area contributed by atoms with E-state index in [2.05, 4.69) is 5.32 Å². The molecule has 3 N–H and O–H groups in total. The molecule has 0 aliphatic carbocycles. The second-order valence-electron chi connectivity index (χ2n) is 8.50. The van der Waals surface area contributed by atoms with Crippen molar-refractivity contribution in [2.24, 2.45) is 0 Å². The number of carbonyl (C=O) groups excluding carboxylic acids is 1. The van der Waals surface area contributed by atoms with Gasteiger partial charge in [-0.1, -0.05) is 6.07 Å². The average molecular weight is 473 g/mol. The Morgan fingerprint density at radius 3 is 2.59 bits per heavy atom. The van der Waals surface area contributed by atoms with Crippen LogP contribution in [0.25, 0.3) is 0 Å². The van der Waals surface area contributed by atoms with Crippen LogP contribution in [0.3, 0.4) is 0 Å². The van der Waals surface area contributed by atoms with Gasteiger partial charge >= 0.3 is 0 Å². The zero-order valence-corrected chi connectivity index (χ0v) is 19.3. The highest BCUT2D eigenvalue weighted by Crippen LogP contribution is 2.33. The van der Waals surface area contributed by atoms with E-state index in [9.17, 15) is 15.0 Å². The number of β-amino-alcohol motifs (C(OH)–C–C–N with tert-alkyl or cyclic N) is 1. The number of hydrogen-bond donors (Lipinski definition) is 3. The third kappa shape index (κ3) is 6.31. The molecule has 9 nitrogen and oxygen atoms in total. The van der Waals surface area contributed by atoms with Crippen LogP contribution in [-0.2, 0) is 4.79 Å². The van der Waals surface area contributed by atoms with Gasteiger partial charge in [-0.25, -0.2) is 0 Å². The summed E-state index contributed by atoms with van der Waals surface area (Å²) in [6, 6.07) is 11.9. The van der Waals surface area contributed by atoms with Crippen molar-refractivity contribution >= 4 is 5.91 Å². The Labute approximate surface area is 199 Å². The monoisotopic (exact) mass is 472 g/mol. The number of fused-ring (bicyclic) bond motifs is 1. The number of ether oxygens (including phenoxy) is 4. The molecule has 1 amide bonds. The molecule has 0 spiro atoms. The van der Waals surface area contributed by atoms with Gasteiger partial charge in [0.05, 0.1) is 32.3 Å². The lowest BCUT2D eigenvalue weighted by molar-refractivity contribution is -0.123. The SMILES string of the molecule is COc1ccc(OCCC(=O)N[C@H](CN2CC[C@@H](O)C2)[C@H](O)c2ccc3c(c2)OCCO3)cc1. The van der Waals surface area contributed by atoms with E-state index < -0.39 is 12.1 Å². The van der Waals surface area contributed by atoms with E-state index in [0.29, 0.717) is 62.1 Å². The lowest BCUT2D eigenvalue weighted by Crippen LogP contribution is -2.47. The summed E-state index contributed by atoms with van der Waals surface area (Å²) in [6.07, 6.45) is -0.532. The molecule has 9 heteroatoms. The number of likely N-dealkylation sites (tertiary alicyclic amines) is 1. The minimum Gasteiger partial charge on any atom is -0.497 e. The van der Waals surface area contributed by atoms with Crippen LogP contribution < -0.4 is 24.3 Å². The second-order valence-corrected chi connectivity index (χ2v) is 8.50. The van der Waals surface area contributed by atoms with Crippen molar-refractivity contribution in [1.82, 2.24) is 10.2 Å². The number of rotatable bonds is 10. The summed E-state index contributed by atoms with van der Waals surface area (Å²) in [5.74, 6) is 2.37. The zero-order chi connectivity index (χ0) is 23.9. The fraction of sp³-hybridized carbons (Fsp3) is 0.480. The van der Waals surface area contributed by atoms with E-state index in [1.807, 2.05) is 4.90 Å². The maximum atomic E-state index is 12.7. The number of methoxy groups -OCH3 is 1. The van der Waals surface area contributed by atoms with Crippen LogP contribution in [0.2, 0.25) is 0 Å². The Morgan fingerprint density at radius 2 is 1.88 bits per heavy atom. The molecule has 4 rings (SSSR count). The van der Waals surface area contributed by atoms with Gasteiger partial charge in [0.15, 0.2) is 11.5 Å². The molecule has 2 aromatic carbocycles. The highest BCUT2D eigenvalue weighted by atomic mass is 16.6. The Morgan fingerprint density at radius 1 is 1.15 bits per heavy atom. The molecule has 34 heavy (non-hydrogen) atoms. The second kappa shape index (κ2) is 11.4. The fourth-order valence-corrected chi connectivity index (χ4v) is 4.17. The molecule has 2 heterocycles. The third-order valence-corrected chi connectivity index (χ3v) is 5.99.